The molecule has 8 heteroatoms. The van der Waals surface area contributed by atoms with Crippen LogP contribution in [0.15, 0.2) is 47.1 Å². The molecule has 172 valence electrons. The van der Waals surface area contributed by atoms with Gasteiger partial charge < -0.3 is 15.0 Å². The average molecular weight is 511 g/mol. The van der Waals surface area contributed by atoms with Gasteiger partial charge in [0.15, 0.2) is 0 Å². The number of halogens is 1. The van der Waals surface area contributed by atoms with Crippen molar-refractivity contribution in [2.45, 2.75) is 50.7 Å². The molecule has 1 saturated heterocycles. The molecule has 3 aromatic rings. The van der Waals surface area contributed by atoms with Gasteiger partial charge in [-0.3, -0.25) is 14.7 Å². The molecule has 5 rings (SSSR count). The van der Waals surface area contributed by atoms with Crippen molar-refractivity contribution >= 4 is 38.6 Å². The molecule has 2 aliphatic heterocycles. The Bertz CT molecular complexity index is 1200. The molecule has 1 atom stereocenters. The summed E-state index contributed by atoms with van der Waals surface area (Å²) >= 11 is 3.56. The van der Waals surface area contributed by atoms with Crippen LogP contribution in [0.1, 0.15) is 61.0 Å². The van der Waals surface area contributed by atoms with Crippen LogP contribution in [-0.4, -0.2) is 45.6 Å². The van der Waals surface area contributed by atoms with Crippen molar-refractivity contribution in [3.8, 4) is 5.75 Å². The molecule has 0 aliphatic carbocycles. The van der Waals surface area contributed by atoms with E-state index in [4.69, 9.17) is 4.74 Å². The largest absolute Gasteiger partial charge is 0.487 e. The van der Waals surface area contributed by atoms with Crippen LogP contribution in [0.4, 0.5) is 0 Å². The quantitative estimate of drug-likeness (QED) is 0.530. The van der Waals surface area contributed by atoms with Crippen molar-refractivity contribution in [1.29, 1.82) is 0 Å². The summed E-state index contributed by atoms with van der Waals surface area (Å²) in [7, 11) is 0. The summed E-state index contributed by atoms with van der Waals surface area (Å²) in [5.74, 6) is 0.862. The fourth-order valence-corrected chi connectivity index (χ4v) is 5.38. The highest BCUT2D eigenvalue weighted by Crippen LogP contribution is 2.45. The lowest BCUT2D eigenvalue weighted by molar-refractivity contribution is -0.135. The van der Waals surface area contributed by atoms with Crippen LogP contribution in [0.25, 0.3) is 10.9 Å². The number of aromatic amines is 1. The lowest BCUT2D eigenvalue weighted by Crippen LogP contribution is -2.53. The van der Waals surface area contributed by atoms with E-state index < -0.39 is 5.60 Å². The third-order valence-corrected chi connectivity index (χ3v) is 7.26. The van der Waals surface area contributed by atoms with Crippen LogP contribution in [0, 0.1) is 0 Å². The Labute approximate surface area is 201 Å². The summed E-state index contributed by atoms with van der Waals surface area (Å²) in [6.45, 7) is 3.39. The molecule has 2 aliphatic rings. The van der Waals surface area contributed by atoms with Crippen molar-refractivity contribution in [1.82, 2.24) is 20.4 Å². The lowest BCUT2D eigenvalue weighted by Gasteiger charge is -2.47. The van der Waals surface area contributed by atoms with Crippen LogP contribution in [0.5, 0.6) is 5.75 Å². The van der Waals surface area contributed by atoms with Gasteiger partial charge in [0.1, 0.15) is 11.4 Å². The number of hydrogen-bond donors (Lipinski definition) is 2. The first-order chi connectivity index (χ1) is 16.0. The maximum absolute atomic E-state index is 13.3. The molecular formula is C25H27BrN4O3. The minimum Gasteiger partial charge on any atom is -0.487 e. The second-order valence-corrected chi connectivity index (χ2v) is 9.88. The molecule has 2 N–H and O–H groups in total. The summed E-state index contributed by atoms with van der Waals surface area (Å²) in [6, 6.07) is 11.3. The fraction of sp³-hybridized carbons (Fsp3) is 0.400. The zero-order chi connectivity index (χ0) is 23.0. The van der Waals surface area contributed by atoms with E-state index >= 15 is 0 Å². The Balaban J connectivity index is 1.41. The van der Waals surface area contributed by atoms with Crippen molar-refractivity contribution in [3.05, 3.63) is 58.2 Å². The van der Waals surface area contributed by atoms with Crippen LogP contribution in [-0.2, 0) is 4.79 Å². The number of nitrogens with zero attached hydrogens (tertiary/aromatic N) is 2. The summed E-state index contributed by atoms with van der Waals surface area (Å²) in [5, 5.41) is 11.2. The van der Waals surface area contributed by atoms with Gasteiger partial charge in [-0.2, -0.15) is 5.10 Å². The second kappa shape index (κ2) is 8.82. The van der Waals surface area contributed by atoms with Gasteiger partial charge in [-0.05, 0) is 30.7 Å². The number of aromatic nitrogens is 2. The van der Waals surface area contributed by atoms with E-state index in [9.17, 15) is 9.59 Å². The van der Waals surface area contributed by atoms with Crippen LogP contribution >= 0.6 is 15.9 Å². The van der Waals surface area contributed by atoms with E-state index in [0.29, 0.717) is 31.5 Å². The maximum Gasteiger partial charge on any atom is 0.253 e. The SMILES string of the molecule is CCCC(=O)N1CCC2(CC1)C[C@H](NC(=O)c1cccc3cn[nH]c13)c1cc(Br)ccc1O2. The molecule has 0 bridgehead atoms. The van der Waals surface area contributed by atoms with Crippen LogP contribution in [0.2, 0.25) is 0 Å². The summed E-state index contributed by atoms with van der Waals surface area (Å²) in [4.78, 5) is 27.7. The summed E-state index contributed by atoms with van der Waals surface area (Å²) < 4.78 is 7.49. The minimum atomic E-state index is -0.401. The number of ether oxygens (including phenoxy) is 1. The van der Waals surface area contributed by atoms with Crippen molar-refractivity contribution in [2.75, 3.05) is 13.1 Å². The van der Waals surface area contributed by atoms with Gasteiger partial charge in [-0.25, -0.2) is 0 Å². The molecule has 1 fully saturated rings. The van der Waals surface area contributed by atoms with Gasteiger partial charge in [0.2, 0.25) is 5.91 Å². The number of benzene rings is 2. The fourth-order valence-electron chi connectivity index (χ4n) is 5.01. The third-order valence-electron chi connectivity index (χ3n) is 6.77. The van der Waals surface area contributed by atoms with E-state index in [1.165, 1.54) is 0 Å². The number of rotatable bonds is 4. The Kier molecular flexibility index (Phi) is 5.86. The molecule has 0 radical (unpaired) electrons. The molecule has 7 nitrogen and oxygen atoms in total. The van der Waals surface area contributed by atoms with E-state index in [2.05, 4.69) is 31.4 Å². The molecule has 3 heterocycles. The number of piperidine rings is 1. The van der Waals surface area contributed by atoms with E-state index in [0.717, 1.165) is 46.0 Å². The topological polar surface area (TPSA) is 87.3 Å². The standard InChI is InChI=1S/C25H27BrN4O3/c1-2-4-22(31)30-11-9-25(10-12-30)14-20(19-13-17(26)7-8-21(19)33-25)28-24(32)18-6-3-5-16-15-27-29-23(16)18/h3,5-8,13,15,20H,2,4,9-12,14H2,1H3,(H,27,29)(H,28,32)/t20-/m0/s1. The van der Waals surface area contributed by atoms with Gasteiger partial charge in [-0.15, -0.1) is 0 Å². The Hall–Kier alpha value is -2.87. The number of fused-ring (bicyclic) bond motifs is 2. The maximum atomic E-state index is 13.3. The third kappa shape index (κ3) is 4.24. The zero-order valence-corrected chi connectivity index (χ0v) is 20.2. The first-order valence-corrected chi connectivity index (χ1v) is 12.3. The molecule has 2 aromatic carbocycles. The summed E-state index contributed by atoms with van der Waals surface area (Å²) in [5.41, 5.74) is 1.86. The Morgan fingerprint density at radius 2 is 2.09 bits per heavy atom. The number of likely N-dealkylation sites (tertiary alicyclic amines) is 1. The van der Waals surface area contributed by atoms with E-state index in [-0.39, 0.29) is 17.9 Å². The molecule has 1 aromatic heterocycles. The molecule has 2 amide bonds. The van der Waals surface area contributed by atoms with Gasteiger partial charge >= 0.3 is 0 Å². The van der Waals surface area contributed by atoms with Gasteiger partial charge in [0.25, 0.3) is 5.91 Å². The molecule has 33 heavy (non-hydrogen) atoms. The number of amides is 2. The molecular weight excluding hydrogens is 484 g/mol. The van der Waals surface area contributed by atoms with Crippen LogP contribution < -0.4 is 10.1 Å². The summed E-state index contributed by atoms with van der Waals surface area (Å²) in [6.07, 6.45) is 5.33. The monoisotopic (exact) mass is 510 g/mol. The van der Waals surface area contributed by atoms with Gasteiger partial charge in [0, 0.05) is 54.2 Å². The predicted molar refractivity (Wildman–Crippen MR) is 129 cm³/mol. The zero-order valence-electron chi connectivity index (χ0n) is 18.6. The van der Waals surface area contributed by atoms with Crippen LogP contribution in [0.3, 0.4) is 0 Å². The lowest BCUT2D eigenvalue weighted by atomic mass is 9.80. The molecule has 0 unspecified atom stereocenters. The van der Waals surface area contributed by atoms with Gasteiger partial charge in [0.05, 0.1) is 23.3 Å². The highest BCUT2D eigenvalue weighted by molar-refractivity contribution is 9.10. The number of nitrogens with one attached hydrogen (secondary N) is 2. The first-order valence-electron chi connectivity index (χ1n) is 11.5. The minimum absolute atomic E-state index is 0.145. The number of para-hydroxylation sites is 1. The number of carbonyl (C=O) groups is 2. The number of carbonyl (C=O) groups excluding carboxylic acids is 2. The van der Waals surface area contributed by atoms with E-state index in [1.807, 2.05) is 48.2 Å². The predicted octanol–water partition coefficient (Wildman–Crippen LogP) is 4.74. The number of hydrogen-bond acceptors (Lipinski definition) is 4. The average Bonchev–Trinajstić information content (AvgIpc) is 3.29. The van der Waals surface area contributed by atoms with Crippen molar-refractivity contribution in [2.24, 2.45) is 0 Å². The first kappa shape index (κ1) is 21.9. The molecule has 1 spiro atoms. The normalized spacial score (nSPS) is 19.2. The molecule has 0 saturated carbocycles. The highest BCUT2D eigenvalue weighted by atomic mass is 79.9. The Morgan fingerprint density at radius 1 is 1.27 bits per heavy atom. The van der Waals surface area contributed by atoms with Gasteiger partial charge in [-0.1, -0.05) is 35.0 Å². The highest BCUT2D eigenvalue weighted by Gasteiger charge is 2.44. The second-order valence-electron chi connectivity index (χ2n) is 8.97. The number of H-pyrrole nitrogens is 1. The van der Waals surface area contributed by atoms with Crippen molar-refractivity contribution < 1.29 is 14.3 Å². The van der Waals surface area contributed by atoms with E-state index in [1.54, 1.807) is 6.20 Å². The van der Waals surface area contributed by atoms with Crippen molar-refractivity contribution in [3.63, 3.8) is 0 Å². The Morgan fingerprint density at radius 3 is 2.88 bits per heavy atom. The smallest absolute Gasteiger partial charge is 0.253 e.